The molecule has 0 aliphatic carbocycles. The smallest absolute Gasteiger partial charge is 0.254 e. The Balaban J connectivity index is 1.93. The lowest BCUT2D eigenvalue weighted by molar-refractivity contribution is -0.115. The van der Waals surface area contributed by atoms with Crippen molar-refractivity contribution >= 4 is 17.5 Å². The van der Waals surface area contributed by atoms with Crippen LogP contribution in [-0.4, -0.2) is 25.0 Å². The predicted octanol–water partition coefficient (Wildman–Crippen LogP) is 3.12. The van der Waals surface area contributed by atoms with E-state index in [-0.39, 0.29) is 12.1 Å². The third-order valence-electron chi connectivity index (χ3n) is 3.21. The van der Waals surface area contributed by atoms with Crippen LogP contribution < -0.4 is 15.4 Å². The van der Waals surface area contributed by atoms with Crippen molar-refractivity contribution in [2.45, 2.75) is 13.3 Å². The molecule has 132 valence electrons. The van der Waals surface area contributed by atoms with Gasteiger partial charge in [-0.25, -0.2) is 8.78 Å². The maximum absolute atomic E-state index is 13.5. The van der Waals surface area contributed by atoms with Crippen molar-refractivity contribution in [1.82, 2.24) is 5.32 Å². The van der Waals surface area contributed by atoms with Gasteiger partial charge in [0.1, 0.15) is 17.4 Å². The number of ether oxygens (including phenoxy) is 1. The molecule has 2 rings (SSSR count). The zero-order valence-electron chi connectivity index (χ0n) is 13.6. The maximum Gasteiger partial charge on any atom is 0.254 e. The normalized spacial score (nSPS) is 10.2. The van der Waals surface area contributed by atoms with E-state index in [0.29, 0.717) is 24.1 Å². The van der Waals surface area contributed by atoms with Crippen LogP contribution in [0.4, 0.5) is 14.5 Å². The Morgan fingerprint density at radius 2 is 1.88 bits per heavy atom. The van der Waals surface area contributed by atoms with Crippen molar-refractivity contribution in [2.75, 3.05) is 18.5 Å². The van der Waals surface area contributed by atoms with Gasteiger partial charge >= 0.3 is 0 Å². The number of hydrogen-bond acceptors (Lipinski definition) is 3. The SMILES string of the molecule is CCCOc1ccccc1NC(=O)CNC(=O)c1ccc(F)cc1F. The maximum atomic E-state index is 13.5. The van der Waals surface area contributed by atoms with Gasteiger partial charge in [-0.1, -0.05) is 19.1 Å². The average Bonchev–Trinajstić information content (AvgIpc) is 2.59. The summed E-state index contributed by atoms with van der Waals surface area (Å²) in [5.41, 5.74) is 0.143. The van der Waals surface area contributed by atoms with Gasteiger partial charge in [0.05, 0.1) is 24.4 Å². The lowest BCUT2D eigenvalue weighted by Gasteiger charge is -2.12. The molecule has 0 fully saturated rings. The molecule has 0 saturated heterocycles. The Morgan fingerprint density at radius 1 is 1.12 bits per heavy atom. The number of hydrogen-bond donors (Lipinski definition) is 2. The van der Waals surface area contributed by atoms with Crippen LogP contribution in [0.2, 0.25) is 0 Å². The number of nitrogens with one attached hydrogen (secondary N) is 2. The summed E-state index contributed by atoms with van der Waals surface area (Å²) in [6, 6.07) is 9.50. The minimum absolute atomic E-state index is 0.333. The summed E-state index contributed by atoms with van der Waals surface area (Å²) < 4.78 is 31.9. The molecule has 2 aromatic rings. The van der Waals surface area contributed by atoms with E-state index in [2.05, 4.69) is 10.6 Å². The zero-order valence-corrected chi connectivity index (χ0v) is 13.6. The van der Waals surface area contributed by atoms with Gasteiger partial charge in [-0.3, -0.25) is 9.59 Å². The quantitative estimate of drug-likeness (QED) is 0.808. The number of carbonyl (C=O) groups is 2. The minimum atomic E-state index is -0.990. The molecule has 0 aliphatic heterocycles. The fraction of sp³-hybridized carbons (Fsp3) is 0.222. The van der Waals surface area contributed by atoms with Gasteiger partial charge in [0.25, 0.3) is 5.91 Å². The van der Waals surface area contributed by atoms with E-state index in [1.54, 1.807) is 24.3 Å². The molecule has 2 amide bonds. The second-order valence-corrected chi connectivity index (χ2v) is 5.20. The van der Waals surface area contributed by atoms with Crippen molar-refractivity contribution < 1.29 is 23.1 Å². The number of amides is 2. The first-order chi connectivity index (χ1) is 12.0. The standard InChI is InChI=1S/C18H18F2N2O3/c1-2-9-25-16-6-4-3-5-15(16)22-17(23)11-21-18(24)13-8-7-12(19)10-14(13)20/h3-8,10H,2,9,11H2,1H3,(H,21,24)(H,22,23). The first kappa shape index (κ1) is 18.4. The summed E-state index contributed by atoms with van der Waals surface area (Å²) in [5, 5.41) is 4.91. The molecular weight excluding hydrogens is 330 g/mol. The number of rotatable bonds is 7. The molecule has 2 aromatic carbocycles. The van der Waals surface area contributed by atoms with Crippen LogP contribution in [0, 0.1) is 11.6 Å². The molecule has 0 unspecified atom stereocenters. The van der Waals surface area contributed by atoms with Gasteiger partial charge in [-0.15, -0.1) is 0 Å². The highest BCUT2D eigenvalue weighted by Gasteiger charge is 2.14. The second kappa shape index (κ2) is 8.77. The van der Waals surface area contributed by atoms with Gasteiger partial charge in [-0.2, -0.15) is 0 Å². The molecule has 25 heavy (non-hydrogen) atoms. The Morgan fingerprint density at radius 3 is 2.60 bits per heavy atom. The summed E-state index contributed by atoms with van der Waals surface area (Å²) >= 11 is 0. The summed E-state index contributed by atoms with van der Waals surface area (Å²) in [6.45, 7) is 2.11. The van der Waals surface area contributed by atoms with E-state index in [1.165, 1.54) is 0 Å². The molecular formula is C18H18F2N2O3. The Kier molecular flexibility index (Phi) is 6.45. The molecule has 0 radical (unpaired) electrons. The van der Waals surface area contributed by atoms with Crippen LogP contribution in [-0.2, 0) is 4.79 Å². The number of halogens is 2. The molecule has 5 nitrogen and oxygen atoms in total. The van der Waals surface area contributed by atoms with E-state index < -0.39 is 23.4 Å². The summed E-state index contributed by atoms with van der Waals surface area (Å²) in [6.07, 6.45) is 0.821. The topological polar surface area (TPSA) is 67.4 Å². The van der Waals surface area contributed by atoms with E-state index in [1.807, 2.05) is 6.92 Å². The molecule has 0 aliphatic rings. The van der Waals surface area contributed by atoms with Crippen LogP contribution in [0.1, 0.15) is 23.7 Å². The lowest BCUT2D eigenvalue weighted by atomic mass is 10.2. The van der Waals surface area contributed by atoms with E-state index >= 15 is 0 Å². The van der Waals surface area contributed by atoms with Gasteiger partial charge in [0.15, 0.2) is 0 Å². The van der Waals surface area contributed by atoms with E-state index in [9.17, 15) is 18.4 Å². The molecule has 7 heteroatoms. The molecule has 0 aromatic heterocycles. The van der Waals surface area contributed by atoms with Crippen LogP contribution in [0.3, 0.4) is 0 Å². The Hall–Kier alpha value is -2.96. The largest absolute Gasteiger partial charge is 0.491 e. The van der Waals surface area contributed by atoms with Gasteiger partial charge in [0, 0.05) is 6.07 Å². The van der Waals surface area contributed by atoms with Crippen LogP contribution >= 0.6 is 0 Å². The number of carbonyl (C=O) groups excluding carboxylic acids is 2. The fourth-order valence-corrected chi connectivity index (χ4v) is 2.03. The lowest BCUT2D eigenvalue weighted by Crippen LogP contribution is -2.33. The molecule has 0 bridgehead atoms. The van der Waals surface area contributed by atoms with Crippen molar-refractivity contribution in [3.63, 3.8) is 0 Å². The zero-order chi connectivity index (χ0) is 18.2. The Labute approximate surface area is 144 Å². The molecule has 0 saturated carbocycles. The van der Waals surface area contributed by atoms with Crippen LogP contribution in [0.25, 0.3) is 0 Å². The number of benzene rings is 2. The van der Waals surface area contributed by atoms with Crippen molar-refractivity contribution in [3.05, 3.63) is 59.7 Å². The van der Waals surface area contributed by atoms with Crippen LogP contribution in [0.15, 0.2) is 42.5 Å². The van der Waals surface area contributed by atoms with E-state index in [0.717, 1.165) is 18.6 Å². The van der Waals surface area contributed by atoms with Crippen molar-refractivity contribution in [2.24, 2.45) is 0 Å². The second-order valence-electron chi connectivity index (χ2n) is 5.20. The fourth-order valence-electron chi connectivity index (χ4n) is 2.03. The number of para-hydroxylation sites is 2. The summed E-state index contributed by atoms with van der Waals surface area (Å²) in [5.74, 6) is -2.55. The minimum Gasteiger partial charge on any atom is -0.491 e. The molecule has 2 N–H and O–H groups in total. The number of anilines is 1. The van der Waals surface area contributed by atoms with Crippen molar-refractivity contribution in [3.8, 4) is 5.75 Å². The first-order valence-corrected chi connectivity index (χ1v) is 7.76. The third-order valence-corrected chi connectivity index (χ3v) is 3.21. The third kappa shape index (κ3) is 5.27. The van der Waals surface area contributed by atoms with E-state index in [4.69, 9.17) is 4.74 Å². The van der Waals surface area contributed by atoms with Crippen molar-refractivity contribution in [1.29, 1.82) is 0 Å². The predicted molar refractivity (Wildman–Crippen MR) is 89.5 cm³/mol. The molecule has 0 atom stereocenters. The first-order valence-electron chi connectivity index (χ1n) is 7.76. The molecule has 0 heterocycles. The molecule has 0 spiro atoms. The van der Waals surface area contributed by atoms with Gasteiger partial charge < -0.3 is 15.4 Å². The summed E-state index contributed by atoms with van der Waals surface area (Å²) in [4.78, 5) is 23.8. The summed E-state index contributed by atoms with van der Waals surface area (Å²) in [7, 11) is 0. The monoisotopic (exact) mass is 348 g/mol. The average molecular weight is 348 g/mol. The highest BCUT2D eigenvalue weighted by Crippen LogP contribution is 2.23. The highest BCUT2D eigenvalue weighted by molar-refractivity contribution is 5.99. The highest BCUT2D eigenvalue weighted by atomic mass is 19.1. The van der Waals surface area contributed by atoms with Gasteiger partial charge in [0.2, 0.25) is 5.91 Å². The van der Waals surface area contributed by atoms with Gasteiger partial charge in [-0.05, 0) is 30.7 Å². The van der Waals surface area contributed by atoms with Crippen LogP contribution in [0.5, 0.6) is 5.75 Å². The Bertz CT molecular complexity index is 766.